The Bertz CT molecular complexity index is 1160. The summed E-state index contributed by atoms with van der Waals surface area (Å²) < 4.78 is 5.77. The Morgan fingerprint density at radius 1 is 0.861 bits per heavy atom. The number of nitrogens with one attached hydrogen (secondary N) is 2. The number of anilines is 2. The van der Waals surface area contributed by atoms with Gasteiger partial charge in [0.15, 0.2) is 0 Å². The Morgan fingerprint density at radius 2 is 1.47 bits per heavy atom. The molecule has 3 aromatic rings. The molecule has 1 aliphatic heterocycles. The minimum absolute atomic E-state index is 0.134. The number of carbonyl (C=O) groups is 2. The Balaban J connectivity index is 1.18. The van der Waals surface area contributed by atoms with Gasteiger partial charge in [0.2, 0.25) is 6.10 Å². The highest BCUT2D eigenvalue weighted by Gasteiger charge is 2.21. The summed E-state index contributed by atoms with van der Waals surface area (Å²) in [5.41, 5.74) is 3.33. The van der Waals surface area contributed by atoms with Crippen molar-refractivity contribution in [3.63, 3.8) is 0 Å². The van der Waals surface area contributed by atoms with Gasteiger partial charge in [0.25, 0.3) is 5.91 Å². The number of urea groups is 1. The molecule has 2 N–H and O–H groups in total. The minimum atomic E-state index is -0.758. The molecule has 36 heavy (non-hydrogen) atoms. The third-order valence-corrected chi connectivity index (χ3v) is 5.73. The zero-order valence-electron chi connectivity index (χ0n) is 20.2. The molecule has 3 amide bonds. The third-order valence-electron chi connectivity index (χ3n) is 5.73. The van der Waals surface area contributed by atoms with Crippen LogP contribution in [0.2, 0.25) is 0 Å². The second kappa shape index (κ2) is 12.4. The molecule has 1 atom stereocenters. The maximum atomic E-state index is 12.5. The fourth-order valence-electron chi connectivity index (χ4n) is 3.60. The van der Waals surface area contributed by atoms with E-state index >= 15 is 0 Å². The second-order valence-corrected chi connectivity index (χ2v) is 8.48. The predicted octanol–water partition coefficient (Wildman–Crippen LogP) is 5.29. The maximum absolute atomic E-state index is 12.5. The number of para-hydroxylation sites is 1. The first-order valence-electron chi connectivity index (χ1n) is 12.0. The van der Waals surface area contributed by atoms with E-state index in [1.165, 1.54) is 0 Å². The molecule has 0 saturated carbocycles. The quantitative estimate of drug-likeness (QED) is 0.423. The van der Waals surface area contributed by atoms with Crippen LogP contribution >= 0.6 is 0 Å². The molecule has 0 aromatic heterocycles. The molecule has 0 unspecified atom stereocenters. The Morgan fingerprint density at radius 3 is 2.14 bits per heavy atom. The number of carbonyl (C=O) groups excluding carboxylic acids is 2. The van der Waals surface area contributed by atoms with Crippen LogP contribution in [0.1, 0.15) is 25.3 Å². The summed E-state index contributed by atoms with van der Waals surface area (Å²) in [6.45, 7) is 3.21. The van der Waals surface area contributed by atoms with Gasteiger partial charge in [-0.1, -0.05) is 53.7 Å². The Kier molecular flexibility index (Phi) is 8.53. The summed E-state index contributed by atoms with van der Waals surface area (Å²) in [5, 5.41) is 9.88. The molecule has 3 aromatic carbocycles. The van der Waals surface area contributed by atoms with E-state index in [0.717, 1.165) is 22.7 Å². The van der Waals surface area contributed by atoms with E-state index in [1.54, 1.807) is 24.0 Å². The van der Waals surface area contributed by atoms with E-state index in [4.69, 9.17) is 9.57 Å². The highest BCUT2D eigenvalue weighted by Crippen LogP contribution is 2.18. The highest BCUT2D eigenvalue weighted by atomic mass is 16.6. The molecule has 8 heteroatoms. The molecule has 0 radical (unpaired) electrons. The lowest BCUT2D eigenvalue weighted by atomic mass is 10.1. The van der Waals surface area contributed by atoms with Gasteiger partial charge in [-0.25, -0.2) is 4.79 Å². The first kappa shape index (κ1) is 24.8. The molecule has 186 valence electrons. The minimum Gasteiger partial charge on any atom is -0.489 e. The van der Waals surface area contributed by atoms with Crippen LogP contribution in [0.15, 0.2) is 90.1 Å². The average molecular weight is 487 g/mol. The van der Waals surface area contributed by atoms with E-state index in [-0.39, 0.29) is 11.9 Å². The molecule has 4 rings (SSSR count). The lowest BCUT2D eigenvalue weighted by molar-refractivity contribution is -0.126. The number of rotatable bonds is 8. The van der Waals surface area contributed by atoms with Crippen LogP contribution in [0.25, 0.3) is 0 Å². The summed E-state index contributed by atoms with van der Waals surface area (Å²) in [7, 11) is 0. The normalized spacial score (nSPS) is 13.9. The van der Waals surface area contributed by atoms with Crippen molar-refractivity contribution in [1.82, 2.24) is 4.90 Å². The summed E-state index contributed by atoms with van der Waals surface area (Å²) in [5.74, 6) is 0.424. The number of likely N-dealkylation sites (tertiary alicyclic amines) is 1. The standard InChI is InChI=1S/C28H30N4O4/c1-21(27(33)29-24-12-14-26(15-13-24)35-20-22-8-4-2-5-9-22)36-31-25-16-18-32(19-17-25)28(34)30-23-10-6-3-7-11-23/h2-15,21H,16-20H2,1H3,(H,29,33)(H,30,34)/t21-/m1/s1. The summed E-state index contributed by atoms with van der Waals surface area (Å²) >= 11 is 0. The van der Waals surface area contributed by atoms with Crippen LogP contribution < -0.4 is 15.4 Å². The largest absolute Gasteiger partial charge is 0.489 e. The number of nitrogens with zero attached hydrogens (tertiary/aromatic N) is 2. The van der Waals surface area contributed by atoms with Gasteiger partial charge >= 0.3 is 6.03 Å². The van der Waals surface area contributed by atoms with Crippen molar-refractivity contribution in [2.24, 2.45) is 5.16 Å². The molecule has 1 aliphatic rings. The van der Waals surface area contributed by atoms with Crippen LogP contribution in [0.5, 0.6) is 5.75 Å². The molecular weight excluding hydrogens is 456 g/mol. The Hall–Kier alpha value is -4.33. The summed E-state index contributed by atoms with van der Waals surface area (Å²) in [4.78, 5) is 32.1. The van der Waals surface area contributed by atoms with Gasteiger partial charge in [-0.3, -0.25) is 4.79 Å². The average Bonchev–Trinajstić information content (AvgIpc) is 2.92. The molecule has 1 fully saturated rings. The van der Waals surface area contributed by atoms with Crippen molar-refractivity contribution in [3.05, 3.63) is 90.5 Å². The van der Waals surface area contributed by atoms with Gasteiger partial charge in [-0.15, -0.1) is 0 Å². The van der Waals surface area contributed by atoms with Crippen molar-refractivity contribution < 1.29 is 19.2 Å². The number of benzene rings is 3. The molecule has 0 bridgehead atoms. The first-order chi connectivity index (χ1) is 17.6. The number of ether oxygens (including phenoxy) is 1. The van der Waals surface area contributed by atoms with Crippen molar-refractivity contribution >= 4 is 29.0 Å². The SMILES string of the molecule is C[C@@H](ON=C1CCN(C(=O)Nc2ccccc2)CC1)C(=O)Nc1ccc(OCc2ccccc2)cc1. The lowest BCUT2D eigenvalue weighted by Crippen LogP contribution is -2.41. The fraction of sp³-hybridized carbons (Fsp3) is 0.250. The molecule has 0 spiro atoms. The first-order valence-corrected chi connectivity index (χ1v) is 12.0. The molecular formula is C28H30N4O4. The van der Waals surface area contributed by atoms with Crippen LogP contribution in [-0.4, -0.2) is 41.7 Å². The van der Waals surface area contributed by atoms with Gasteiger partial charge in [0.05, 0.1) is 5.71 Å². The van der Waals surface area contributed by atoms with Crippen molar-refractivity contribution in [2.75, 3.05) is 23.7 Å². The number of piperidine rings is 1. The van der Waals surface area contributed by atoms with Gasteiger partial charge in [-0.2, -0.15) is 0 Å². The number of hydrogen-bond acceptors (Lipinski definition) is 5. The van der Waals surface area contributed by atoms with E-state index < -0.39 is 6.10 Å². The third kappa shape index (κ3) is 7.33. The highest BCUT2D eigenvalue weighted by molar-refractivity contribution is 5.94. The lowest BCUT2D eigenvalue weighted by Gasteiger charge is -2.27. The van der Waals surface area contributed by atoms with Crippen molar-refractivity contribution in [2.45, 2.75) is 32.5 Å². The second-order valence-electron chi connectivity index (χ2n) is 8.48. The van der Waals surface area contributed by atoms with E-state index in [0.29, 0.717) is 38.2 Å². The zero-order chi connectivity index (χ0) is 25.2. The zero-order valence-corrected chi connectivity index (χ0v) is 20.2. The van der Waals surface area contributed by atoms with E-state index in [2.05, 4.69) is 15.8 Å². The van der Waals surface area contributed by atoms with Crippen molar-refractivity contribution in [3.8, 4) is 5.75 Å². The molecule has 1 saturated heterocycles. The monoisotopic (exact) mass is 486 g/mol. The van der Waals surface area contributed by atoms with Crippen LogP contribution in [0.4, 0.5) is 16.2 Å². The van der Waals surface area contributed by atoms with Crippen LogP contribution in [0.3, 0.4) is 0 Å². The van der Waals surface area contributed by atoms with E-state index in [9.17, 15) is 9.59 Å². The fourth-order valence-corrected chi connectivity index (χ4v) is 3.60. The smallest absolute Gasteiger partial charge is 0.321 e. The van der Waals surface area contributed by atoms with Gasteiger partial charge < -0.3 is 25.1 Å². The maximum Gasteiger partial charge on any atom is 0.321 e. The molecule has 1 heterocycles. The van der Waals surface area contributed by atoms with Crippen LogP contribution in [0, 0.1) is 0 Å². The van der Waals surface area contributed by atoms with Gasteiger partial charge in [0, 0.05) is 37.3 Å². The van der Waals surface area contributed by atoms with E-state index in [1.807, 2.05) is 72.8 Å². The predicted molar refractivity (Wildman–Crippen MR) is 140 cm³/mol. The van der Waals surface area contributed by atoms with Crippen LogP contribution in [-0.2, 0) is 16.2 Å². The number of oxime groups is 1. The van der Waals surface area contributed by atoms with Gasteiger partial charge in [0.1, 0.15) is 12.4 Å². The van der Waals surface area contributed by atoms with Crippen molar-refractivity contribution in [1.29, 1.82) is 0 Å². The summed E-state index contributed by atoms with van der Waals surface area (Å²) in [6, 6.07) is 26.3. The topological polar surface area (TPSA) is 92.3 Å². The van der Waals surface area contributed by atoms with Gasteiger partial charge in [-0.05, 0) is 48.9 Å². The molecule has 0 aliphatic carbocycles. The number of amides is 3. The molecule has 8 nitrogen and oxygen atoms in total. The number of hydrogen-bond donors (Lipinski definition) is 2. The Labute approximate surface area is 210 Å². The summed E-state index contributed by atoms with van der Waals surface area (Å²) in [6.07, 6.45) is 0.438.